The molecule has 0 aromatic rings. The molecule has 95 heavy (non-hydrogen) atoms. The van der Waals surface area contributed by atoms with Gasteiger partial charge in [-0.15, -0.1) is 0 Å². The maximum absolute atomic E-state index is 13.1. The Morgan fingerprint density at radius 1 is 0.305 bits per heavy atom. The van der Waals surface area contributed by atoms with Crippen LogP contribution in [0.5, 0.6) is 0 Å². The van der Waals surface area contributed by atoms with Crippen molar-refractivity contribution >= 4 is 39.5 Å². The Morgan fingerprint density at radius 2 is 0.537 bits per heavy atom. The summed E-state index contributed by atoms with van der Waals surface area (Å²) >= 11 is 0. The van der Waals surface area contributed by atoms with E-state index in [1.165, 1.54) is 199 Å². The van der Waals surface area contributed by atoms with Crippen LogP contribution >= 0.6 is 15.6 Å². The maximum Gasteiger partial charge on any atom is 0.472 e. The predicted octanol–water partition coefficient (Wildman–Crippen LogP) is 22.2. The maximum atomic E-state index is 13.1. The highest BCUT2D eigenvalue weighted by Gasteiger charge is 2.30. The van der Waals surface area contributed by atoms with Crippen LogP contribution in [0.15, 0.2) is 0 Å². The number of hydrogen-bond donors (Lipinski definition) is 3. The summed E-state index contributed by atoms with van der Waals surface area (Å²) in [6.07, 6.45) is 52.8. The van der Waals surface area contributed by atoms with Gasteiger partial charge in [-0.1, -0.05) is 337 Å². The Morgan fingerprint density at radius 3 is 0.800 bits per heavy atom. The van der Waals surface area contributed by atoms with Gasteiger partial charge in [-0.25, -0.2) is 9.13 Å². The van der Waals surface area contributed by atoms with Gasteiger partial charge in [0.2, 0.25) is 0 Å². The molecule has 564 valence electrons. The van der Waals surface area contributed by atoms with Crippen molar-refractivity contribution in [1.82, 2.24) is 0 Å². The molecule has 3 N–H and O–H groups in total. The minimum absolute atomic E-state index is 0.104. The molecule has 0 aliphatic carbocycles. The van der Waals surface area contributed by atoms with Crippen molar-refractivity contribution in [3.63, 3.8) is 0 Å². The zero-order valence-electron chi connectivity index (χ0n) is 62.1. The van der Waals surface area contributed by atoms with Crippen molar-refractivity contribution in [2.75, 3.05) is 39.6 Å². The third kappa shape index (κ3) is 69.0. The minimum atomic E-state index is -4.96. The molecule has 3 unspecified atom stereocenters. The number of phosphoric ester groups is 2. The van der Waals surface area contributed by atoms with Gasteiger partial charge in [0.05, 0.1) is 26.4 Å². The second-order valence-electron chi connectivity index (χ2n) is 28.6. The summed E-state index contributed by atoms with van der Waals surface area (Å²) in [5.74, 6) is 0.134. The van der Waals surface area contributed by atoms with E-state index in [0.717, 1.165) is 108 Å². The molecular weight excluding hydrogens is 1250 g/mol. The van der Waals surface area contributed by atoms with Gasteiger partial charge >= 0.3 is 39.5 Å². The van der Waals surface area contributed by atoms with Crippen LogP contribution in [-0.4, -0.2) is 96.7 Å². The van der Waals surface area contributed by atoms with Gasteiger partial charge in [-0.3, -0.25) is 37.3 Å². The van der Waals surface area contributed by atoms with Crippen LogP contribution in [0.3, 0.4) is 0 Å². The molecule has 0 aromatic heterocycles. The van der Waals surface area contributed by atoms with E-state index >= 15 is 0 Å². The van der Waals surface area contributed by atoms with E-state index in [-0.39, 0.29) is 25.7 Å². The number of hydrogen-bond acceptors (Lipinski definition) is 15. The second kappa shape index (κ2) is 66.6. The number of phosphoric acid groups is 2. The summed E-state index contributed by atoms with van der Waals surface area (Å²) < 4.78 is 68.5. The highest BCUT2D eigenvalue weighted by Crippen LogP contribution is 2.45. The highest BCUT2D eigenvalue weighted by molar-refractivity contribution is 7.47. The lowest BCUT2D eigenvalue weighted by Gasteiger charge is -2.21. The fourth-order valence-electron chi connectivity index (χ4n) is 11.6. The standard InChI is InChI=1S/C76H148O17P2/c1-8-10-11-12-13-14-15-16-17-18-19-20-21-22-23-28-38-45-52-59-75(80)92-71(63-86-73(78)57-50-43-36-27-25-24-26-33-40-47-54-67(3)4)65-90-94(82,83)88-61-70(77)62-89-95(84,85)91-66-72(64-87-74(79)58-51-44-37-31-29-34-41-48-55-68(5)6)93-76(81)60-53-46-39-32-30-35-42-49-56-69(7)9-2/h67-72,77H,8-66H2,1-7H3,(H,82,83)(H,84,85)/t69?,70-,71-,72-/m1/s1. The highest BCUT2D eigenvalue weighted by atomic mass is 31.2. The monoisotopic (exact) mass is 1400 g/mol. The first-order valence-electron chi connectivity index (χ1n) is 39.4. The predicted molar refractivity (Wildman–Crippen MR) is 386 cm³/mol. The van der Waals surface area contributed by atoms with Crippen molar-refractivity contribution in [1.29, 1.82) is 0 Å². The summed E-state index contributed by atoms with van der Waals surface area (Å²) in [5.41, 5.74) is 0. The van der Waals surface area contributed by atoms with Crippen molar-refractivity contribution in [3.05, 3.63) is 0 Å². The van der Waals surface area contributed by atoms with E-state index < -0.39 is 97.5 Å². The summed E-state index contributed by atoms with van der Waals surface area (Å²) in [6.45, 7) is 11.9. The largest absolute Gasteiger partial charge is 0.472 e. The molecule has 6 atom stereocenters. The fraction of sp³-hybridized carbons (Fsp3) is 0.947. The first kappa shape index (κ1) is 93.1. The molecule has 0 saturated heterocycles. The molecule has 0 spiro atoms. The molecule has 0 fully saturated rings. The molecule has 0 heterocycles. The second-order valence-corrected chi connectivity index (χ2v) is 31.5. The lowest BCUT2D eigenvalue weighted by Crippen LogP contribution is -2.30. The third-order valence-electron chi connectivity index (χ3n) is 18.0. The third-order valence-corrected chi connectivity index (χ3v) is 19.9. The number of esters is 4. The van der Waals surface area contributed by atoms with E-state index in [2.05, 4.69) is 48.5 Å². The molecule has 0 bridgehead atoms. The molecule has 0 radical (unpaired) electrons. The molecule has 0 rings (SSSR count). The Bertz CT molecular complexity index is 1850. The van der Waals surface area contributed by atoms with E-state index in [1.54, 1.807) is 0 Å². The summed E-state index contributed by atoms with van der Waals surface area (Å²) in [7, 11) is -9.91. The van der Waals surface area contributed by atoms with Crippen molar-refractivity contribution in [3.8, 4) is 0 Å². The Hall–Kier alpha value is -1.94. The van der Waals surface area contributed by atoms with Crippen LogP contribution in [0.4, 0.5) is 0 Å². The zero-order valence-corrected chi connectivity index (χ0v) is 63.9. The number of aliphatic hydroxyl groups excluding tert-OH is 1. The van der Waals surface area contributed by atoms with Crippen LogP contribution in [0.25, 0.3) is 0 Å². The lowest BCUT2D eigenvalue weighted by atomic mass is 9.99. The first-order chi connectivity index (χ1) is 45.8. The molecule has 0 saturated carbocycles. The smallest absolute Gasteiger partial charge is 0.462 e. The van der Waals surface area contributed by atoms with Crippen LogP contribution in [0, 0.1) is 17.8 Å². The van der Waals surface area contributed by atoms with E-state index in [1.807, 2.05) is 0 Å². The van der Waals surface area contributed by atoms with Gasteiger partial charge in [0.15, 0.2) is 12.2 Å². The molecule has 0 aromatic carbocycles. The number of aliphatic hydroxyl groups is 1. The van der Waals surface area contributed by atoms with E-state index in [4.69, 9.17) is 37.0 Å². The first-order valence-corrected chi connectivity index (χ1v) is 42.4. The summed E-state index contributed by atoms with van der Waals surface area (Å²) in [5, 5.41) is 10.6. The number of ether oxygens (including phenoxy) is 4. The lowest BCUT2D eigenvalue weighted by molar-refractivity contribution is -0.161. The van der Waals surface area contributed by atoms with Gasteiger partial charge in [-0.2, -0.15) is 0 Å². The number of carbonyl (C=O) groups excluding carboxylic acids is 4. The normalized spacial score (nSPS) is 14.4. The number of carbonyl (C=O) groups is 4. The van der Waals surface area contributed by atoms with E-state index in [9.17, 15) is 43.2 Å². The Labute approximate surface area is 581 Å². The van der Waals surface area contributed by atoms with Crippen molar-refractivity contribution in [2.24, 2.45) is 17.8 Å². The van der Waals surface area contributed by atoms with E-state index in [0.29, 0.717) is 25.7 Å². The number of rotatable bonds is 74. The van der Waals surface area contributed by atoms with Gasteiger partial charge < -0.3 is 33.8 Å². The molecule has 17 nitrogen and oxygen atoms in total. The van der Waals surface area contributed by atoms with Crippen molar-refractivity contribution < 1.29 is 80.2 Å². The quantitative estimate of drug-likeness (QED) is 0.0222. The zero-order chi connectivity index (χ0) is 70.1. The van der Waals surface area contributed by atoms with Gasteiger partial charge in [0, 0.05) is 25.7 Å². The average molecular weight is 1400 g/mol. The summed E-state index contributed by atoms with van der Waals surface area (Å²) in [6, 6.07) is 0. The topological polar surface area (TPSA) is 237 Å². The molecule has 19 heteroatoms. The van der Waals surface area contributed by atoms with Gasteiger partial charge in [0.25, 0.3) is 0 Å². The average Bonchev–Trinajstić information content (AvgIpc) is 2.50. The molecular formula is C76H148O17P2. The fourth-order valence-corrected chi connectivity index (χ4v) is 13.1. The van der Waals surface area contributed by atoms with Crippen LogP contribution in [-0.2, 0) is 65.4 Å². The van der Waals surface area contributed by atoms with Crippen molar-refractivity contribution in [2.45, 2.75) is 407 Å². The molecule has 0 aliphatic rings. The van der Waals surface area contributed by atoms with Gasteiger partial charge in [-0.05, 0) is 43.4 Å². The molecule has 0 aliphatic heterocycles. The SMILES string of the molecule is CCCCCCCCCCCCCCCCCCCCCC(=O)O[C@H](COC(=O)CCCCCCCCCCCCC(C)C)COP(=O)(O)OC[C@@H](O)COP(=O)(O)OC[C@@H](COC(=O)CCCCCCCCCCC(C)C)OC(=O)CCCCCCCCCCC(C)CC. The molecule has 0 amide bonds. The van der Waals surface area contributed by atoms with Crippen LogP contribution < -0.4 is 0 Å². The van der Waals surface area contributed by atoms with Crippen LogP contribution in [0.2, 0.25) is 0 Å². The Balaban J connectivity index is 5.24. The van der Waals surface area contributed by atoms with Gasteiger partial charge in [0.1, 0.15) is 19.3 Å². The summed E-state index contributed by atoms with van der Waals surface area (Å²) in [4.78, 5) is 72.8. The Kier molecular flexibility index (Phi) is 65.2. The van der Waals surface area contributed by atoms with Crippen LogP contribution in [0.1, 0.15) is 389 Å². The minimum Gasteiger partial charge on any atom is -0.462 e. The number of unbranched alkanes of at least 4 members (excludes halogenated alkanes) is 41.